The zero-order valence-corrected chi connectivity index (χ0v) is 7.54. The maximum absolute atomic E-state index is 11.2. The van der Waals surface area contributed by atoms with Crippen molar-refractivity contribution in [2.75, 3.05) is 0 Å². The number of rotatable bonds is 0. The van der Waals surface area contributed by atoms with Gasteiger partial charge >= 0.3 is 5.97 Å². The third-order valence-electron chi connectivity index (χ3n) is 3.01. The second kappa shape index (κ2) is 2.61. The molecule has 1 saturated heterocycles. The molecule has 0 aromatic carbocycles. The summed E-state index contributed by atoms with van der Waals surface area (Å²) >= 11 is 0. The van der Waals surface area contributed by atoms with E-state index in [1.165, 1.54) is 5.57 Å². The third kappa shape index (κ3) is 1.06. The minimum absolute atomic E-state index is 0.0176. The molecule has 66 valence electrons. The van der Waals surface area contributed by atoms with Gasteiger partial charge in [-0.3, -0.25) is 4.79 Å². The highest BCUT2D eigenvalue weighted by atomic mass is 16.6. The van der Waals surface area contributed by atoms with Gasteiger partial charge in [-0.05, 0) is 25.8 Å². The molecule has 0 spiro atoms. The Hall–Kier alpha value is -0.790. The summed E-state index contributed by atoms with van der Waals surface area (Å²) in [7, 11) is 0. The first-order valence-electron chi connectivity index (χ1n) is 4.56. The van der Waals surface area contributed by atoms with Crippen LogP contribution in [0.5, 0.6) is 0 Å². The molecule has 0 amide bonds. The number of hydrogen-bond acceptors (Lipinski definition) is 2. The molecule has 0 aromatic heterocycles. The second-order valence-electron chi connectivity index (χ2n) is 3.91. The van der Waals surface area contributed by atoms with Crippen LogP contribution < -0.4 is 0 Å². The molecule has 0 radical (unpaired) electrons. The maximum Gasteiger partial charge on any atom is 0.309 e. The van der Waals surface area contributed by atoms with E-state index >= 15 is 0 Å². The lowest BCUT2D eigenvalue weighted by Gasteiger charge is -2.22. The first kappa shape index (κ1) is 7.84. The highest BCUT2D eigenvalue weighted by Gasteiger charge is 2.41. The summed E-state index contributed by atoms with van der Waals surface area (Å²) in [6, 6.07) is 0. The molecule has 1 fully saturated rings. The van der Waals surface area contributed by atoms with E-state index < -0.39 is 0 Å². The zero-order chi connectivity index (χ0) is 8.72. The van der Waals surface area contributed by atoms with E-state index in [-0.39, 0.29) is 18.0 Å². The van der Waals surface area contributed by atoms with Crippen molar-refractivity contribution in [2.24, 2.45) is 11.8 Å². The van der Waals surface area contributed by atoms with E-state index in [1.54, 1.807) is 0 Å². The Labute approximate surface area is 72.6 Å². The van der Waals surface area contributed by atoms with Gasteiger partial charge in [-0.15, -0.1) is 0 Å². The van der Waals surface area contributed by atoms with Gasteiger partial charge in [0.15, 0.2) is 0 Å². The van der Waals surface area contributed by atoms with Crippen molar-refractivity contribution in [3.63, 3.8) is 0 Å². The summed E-state index contributed by atoms with van der Waals surface area (Å²) < 4.78 is 5.23. The van der Waals surface area contributed by atoms with Crippen LogP contribution in [0.1, 0.15) is 26.7 Å². The molecule has 1 aliphatic carbocycles. The molecule has 2 heteroatoms. The highest BCUT2D eigenvalue weighted by molar-refractivity contribution is 5.75. The minimum atomic E-state index is -0.0176. The molecule has 1 unspecified atom stereocenters. The molecule has 2 nitrogen and oxygen atoms in total. The number of allylic oxidation sites excluding steroid dienone is 1. The van der Waals surface area contributed by atoms with Crippen molar-refractivity contribution in [2.45, 2.75) is 32.8 Å². The van der Waals surface area contributed by atoms with E-state index in [4.69, 9.17) is 4.74 Å². The predicted octanol–water partition coefficient (Wildman–Crippen LogP) is 1.90. The summed E-state index contributed by atoms with van der Waals surface area (Å²) in [5.74, 6) is 0.538. The van der Waals surface area contributed by atoms with Gasteiger partial charge in [0.05, 0.1) is 5.92 Å². The molecule has 1 aliphatic heterocycles. The van der Waals surface area contributed by atoms with Gasteiger partial charge in [-0.2, -0.15) is 0 Å². The van der Waals surface area contributed by atoms with Crippen molar-refractivity contribution in [3.05, 3.63) is 11.6 Å². The van der Waals surface area contributed by atoms with Crippen LogP contribution in [0.3, 0.4) is 0 Å². The second-order valence-corrected chi connectivity index (χ2v) is 3.91. The summed E-state index contributed by atoms with van der Waals surface area (Å²) in [4.78, 5) is 11.2. The monoisotopic (exact) mass is 166 g/mol. The first-order chi connectivity index (χ1) is 5.68. The Morgan fingerprint density at radius 2 is 2.33 bits per heavy atom. The van der Waals surface area contributed by atoms with Crippen molar-refractivity contribution < 1.29 is 9.53 Å². The molecular formula is C10H14O2. The summed E-state index contributed by atoms with van der Waals surface area (Å²) in [5, 5.41) is 0. The van der Waals surface area contributed by atoms with Gasteiger partial charge in [0, 0.05) is 5.92 Å². The van der Waals surface area contributed by atoms with Crippen LogP contribution in [0.25, 0.3) is 0 Å². The molecule has 0 aromatic rings. The summed E-state index contributed by atoms with van der Waals surface area (Å²) in [5.41, 5.74) is 1.36. The van der Waals surface area contributed by atoms with Crippen LogP contribution in [-0.4, -0.2) is 12.1 Å². The number of carbonyl (C=O) groups is 1. The van der Waals surface area contributed by atoms with Crippen LogP contribution in [0, 0.1) is 11.8 Å². The lowest BCUT2D eigenvalue weighted by Crippen LogP contribution is -2.21. The summed E-state index contributed by atoms with van der Waals surface area (Å²) in [6.07, 6.45) is 4.43. The smallest absolute Gasteiger partial charge is 0.309 e. The molecular weight excluding hydrogens is 152 g/mol. The lowest BCUT2D eigenvalue weighted by molar-refractivity contribution is -0.142. The van der Waals surface area contributed by atoms with Gasteiger partial charge in [0.1, 0.15) is 6.10 Å². The quantitative estimate of drug-likeness (QED) is 0.406. The molecule has 0 N–H and O–H groups in total. The van der Waals surface area contributed by atoms with Gasteiger partial charge < -0.3 is 4.74 Å². The molecule has 2 aliphatic rings. The van der Waals surface area contributed by atoms with Crippen LogP contribution in [0.15, 0.2) is 11.6 Å². The zero-order valence-electron chi connectivity index (χ0n) is 7.54. The van der Waals surface area contributed by atoms with Gasteiger partial charge in [-0.1, -0.05) is 12.5 Å². The fourth-order valence-corrected chi connectivity index (χ4v) is 2.12. The topological polar surface area (TPSA) is 26.3 Å². The molecule has 0 saturated carbocycles. The maximum atomic E-state index is 11.2. The Kier molecular flexibility index (Phi) is 1.71. The van der Waals surface area contributed by atoms with Crippen LogP contribution >= 0.6 is 0 Å². The summed E-state index contributed by atoms with van der Waals surface area (Å²) in [6.45, 7) is 4.08. The number of esters is 1. The van der Waals surface area contributed by atoms with E-state index in [0.29, 0.717) is 5.92 Å². The fourth-order valence-electron chi connectivity index (χ4n) is 2.12. The van der Waals surface area contributed by atoms with E-state index in [1.807, 2.05) is 6.92 Å². The highest BCUT2D eigenvalue weighted by Crippen LogP contribution is 2.37. The molecule has 3 atom stereocenters. The van der Waals surface area contributed by atoms with E-state index in [0.717, 1.165) is 12.8 Å². The normalized spacial score (nSPS) is 40.3. The molecule has 2 rings (SSSR count). The number of carbonyl (C=O) groups excluding carboxylic acids is 1. The average molecular weight is 166 g/mol. The van der Waals surface area contributed by atoms with Gasteiger partial charge in [-0.25, -0.2) is 0 Å². The Morgan fingerprint density at radius 3 is 3.08 bits per heavy atom. The van der Waals surface area contributed by atoms with Gasteiger partial charge in [0.2, 0.25) is 0 Å². The van der Waals surface area contributed by atoms with E-state index in [9.17, 15) is 4.79 Å². The first-order valence-corrected chi connectivity index (χ1v) is 4.56. The largest absolute Gasteiger partial charge is 0.458 e. The van der Waals surface area contributed by atoms with Crippen LogP contribution in [-0.2, 0) is 9.53 Å². The molecule has 1 heterocycles. The van der Waals surface area contributed by atoms with Crippen LogP contribution in [0.4, 0.5) is 0 Å². The molecule has 12 heavy (non-hydrogen) atoms. The van der Waals surface area contributed by atoms with Crippen molar-refractivity contribution in [3.8, 4) is 0 Å². The van der Waals surface area contributed by atoms with E-state index in [2.05, 4.69) is 13.0 Å². The minimum Gasteiger partial charge on any atom is -0.458 e. The Bertz CT molecular complexity index is 242. The standard InChI is InChI=1S/C10H14O2/c1-6-3-4-8-7(2)10(11)12-9(8)5-6/h5,7-9H,3-4H2,1-2H3/t7-,8?,9+/m1/s1. The number of ether oxygens (including phenoxy) is 1. The number of fused-ring (bicyclic) bond motifs is 1. The Balaban J connectivity index is 2.22. The molecule has 0 bridgehead atoms. The fraction of sp³-hybridized carbons (Fsp3) is 0.700. The van der Waals surface area contributed by atoms with Gasteiger partial charge in [0.25, 0.3) is 0 Å². The van der Waals surface area contributed by atoms with Crippen molar-refractivity contribution in [1.82, 2.24) is 0 Å². The lowest BCUT2D eigenvalue weighted by atomic mass is 9.82. The van der Waals surface area contributed by atoms with Crippen LogP contribution in [0.2, 0.25) is 0 Å². The number of hydrogen-bond donors (Lipinski definition) is 0. The average Bonchev–Trinajstić information content (AvgIpc) is 2.28. The SMILES string of the molecule is CC1=C[C@@H]2OC(=O)[C@H](C)C2CC1. The van der Waals surface area contributed by atoms with Crippen molar-refractivity contribution >= 4 is 5.97 Å². The predicted molar refractivity (Wildman–Crippen MR) is 45.5 cm³/mol. The third-order valence-corrected chi connectivity index (χ3v) is 3.01. The Morgan fingerprint density at radius 1 is 1.58 bits per heavy atom. The van der Waals surface area contributed by atoms with Crippen molar-refractivity contribution in [1.29, 1.82) is 0 Å².